The fourth-order valence-electron chi connectivity index (χ4n) is 4.53. The number of rotatable bonds is 12. The number of nitrogens with one attached hydrogen (secondary N) is 1. The number of hydrogen-bond acceptors (Lipinski definition) is 7. The van der Waals surface area contributed by atoms with E-state index in [1.165, 1.54) is 24.2 Å². The lowest BCUT2D eigenvalue weighted by Crippen LogP contribution is -2.55. The Balaban J connectivity index is 2.07. The van der Waals surface area contributed by atoms with Gasteiger partial charge < -0.3 is 29.9 Å². The first-order valence-corrected chi connectivity index (χ1v) is 14.8. The van der Waals surface area contributed by atoms with Crippen LogP contribution in [-0.2, 0) is 16.1 Å². The predicted molar refractivity (Wildman–Crippen MR) is 165 cm³/mol. The maximum Gasteiger partial charge on any atom is 0.247 e. The summed E-state index contributed by atoms with van der Waals surface area (Å²) in [5.41, 5.74) is 1.28. The van der Waals surface area contributed by atoms with Crippen LogP contribution < -0.4 is 14.8 Å². The van der Waals surface area contributed by atoms with Gasteiger partial charge in [-0.3, -0.25) is 14.4 Å². The molecule has 0 radical (unpaired) electrons. The molecule has 2 amide bonds. The molecule has 41 heavy (non-hydrogen) atoms. The van der Waals surface area contributed by atoms with Gasteiger partial charge >= 0.3 is 0 Å². The maximum absolute atomic E-state index is 13.6. The molecule has 12 heteroatoms. The number of amides is 2. The third-order valence-corrected chi connectivity index (χ3v) is 7.90. The molecule has 3 atom stereocenters. The molecule has 9 nitrogen and oxygen atoms in total. The summed E-state index contributed by atoms with van der Waals surface area (Å²) in [6.07, 6.45) is 0.113. The van der Waals surface area contributed by atoms with E-state index in [4.69, 9.17) is 32.7 Å². The first-order chi connectivity index (χ1) is 19.5. The summed E-state index contributed by atoms with van der Waals surface area (Å²) in [4.78, 5) is 39.6. The van der Waals surface area contributed by atoms with E-state index in [1.807, 2.05) is 36.4 Å². The molecule has 0 heterocycles. The zero-order valence-electron chi connectivity index (χ0n) is 22.9. The summed E-state index contributed by atoms with van der Waals surface area (Å²) < 4.78 is 12.2. The fraction of sp³-hybridized carbons (Fsp3) is 0.414. The molecule has 222 valence electrons. The summed E-state index contributed by atoms with van der Waals surface area (Å²) >= 11 is 14.5. The smallest absolute Gasteiger partial charge is 0.247 e. The van der Waals surface area contributed by atoms with E-state index in [-0.39, 0.29) is 61.4 Å². The van der Waals surface area contributed by atoms with Gasteiger partial charge in [-0.2, -0.15) is 0 Å². The molecule has 0 bridgehead atoms. The Morgan fingerprint density at radius 3 is 2.59 bits per heavy atom. The van der Waals surface area contributed by atoms with Crippen LogP contribution in [0.1, 0.15) is 42.6 Å². The van der Waals surface area contributed by atoms with Crippen LogP contribution in [-0.4, -0.2) is 71.7 Å². The zero-order valence-corrected chi connectivity index (χ0v) is 26.6. The normalized spacial score (nSPS) is 18.5. The van der Waals surface area contributed by atoms with Crippen molar-refractivity contribution in [1.82, 2.24) is 10.2 Å². The highest BCUT2D eigenvalue weighted by Gasteiger charge is 2.41. The second-order valence-electron chi connectivity index (χ2n) is 10.0. The lowest BCUT2D eigenvalue weighted by atomic mass is 9.87. The first kappa shape index (κ1) is 33.1. The molecule has 0 aromatic heterocycles. The number of aliphatic hydroxyl groups excluding tert-OH is 2. The van der Waals surface area contributed by atoms with E-state index in [0.717, 1.165) is 0 Å². The van der Waals surface area contributed by atoms with Gasteiger partial charge in [-0.15, -0.1) is 0 Å². The molecule has 0 aliphatic heterocycles. The molecule has 2 aromatic rings. The Hall–Kier alpha value is -2.38. The van der Waals surface area contributed by atoms with Crippen LogP contribution in [0.15, 0.2) is 42.0 Å². The Bertz CT molecular complexity index is 1300. The highest BCUT2D eigenvalue weighted by molar-refractivity contribution is 14.1. The highest BCUT2D eigenvalue weighted by Crippen LogP contribution is 2.37. The number of halogens is 3. The van der Waals surface area contributed by atoms with Crippen molar-refractivity contribution in [3.8, 4) is 11.5 Å². The summed E-state index contributed by atoms with van der Waals surface area (Å²) in [6.45, 7) is 3.68. The van der Waals surface area contributed by atoms with Gasteiger partial charge in [-0.05, 0) is 64.4 Å². The molecule has 2 aromatic carbocycles. The van der Waals surface area contributed by atoms with Crippen LogP contribution in [0.3, 0.4) is 0 Å². The summed E-state index contributed by atoms with van der Waals surface area (Å²) in [6, 6.07) is 7.22. The Morgan fingerprint density at radius 2 is 1.98 bits per heavy atom. The quantitative estimate of drug-likeness (QED) is 0.219. The van der Waals surface area contributed by atoms with E-state index in [0.29, 0.717) is 31.0 Å². The molecular formula is C29H33Cl2IN2O7. The van der Waals surface area contributed by atoms with Crippen LogP contribution in [0.25, 0.3) is 0 Å². The van der Waals surface area contributed by atoms with Crippen molar-refractivity contribution in [2.75, 3.05) is 20.3 Å². The van der Waals surface area contributed by atoms with Gasteiger partial charge in [0, 0.05) is 47.1 Å². The number of carbonyl (C=O) groups excluding carboxylic acids is 3. The lowest BCUT2D eigenvalue weighted by Gasteiger charge is -2.41. The van der Waals surface area contributed by atoms with E-state index >= 15 is 0 Å². The Labute approximate surface area is 262 Å². The molecule has 0 fully saturated rings. The zero-order chi connectivity index (χ0) is 30.3. The van der Waals surface area contributed by atoms with Gasteiger partial charge in [0.05, 0.1) is 23.3 Å². The van der Waals surface area contributed by atoms with E-state index < -0.39 is 24.2 Å². The highest BCUT2D eigenvalue weighted by atomic mass is 127. The second-order valence-corrected chi connectivity index (χ2v) is 12.0. The van der Waals surface area contributed by atoms with Crippen LogP contribution in [0.2, 0.25) is 10.0 Å². The molecule has 3 rings (SSSR count). The molecular weight excluding hydrogens is 686 g/mol. The molecule has 1 aliphatic carbocycles. The van der Waals surface area contributed by atoms with Crippen LogP contribution in [0.5, 0.6) is 11.5 Å². The van der Waals surface area contributed by atoms with Gasteiger partial charge in [0.2, 0.25) is 11.8 Å². The van der Waals surface area contributed by atoms with Crippen molar-refractivity contribution in [3.05, 3.63) is 66.7 Å². The monoisotopic (exact) mass is 718 g/mol. The average Bonchev–Trinajstić information content (AvgIpc) is 2.92. The SMILES string of the molecule is COc1cc(C=O)cc(I)c1OC1C=C(C(=O)NCCO)CC(N(Cc2ccc(Cl)cc2Cl)C(=O)CC(C)C)C1O. The summed E-state index contributed by atoms with van der Waals surface area (Å²) in [5, 5.41) is 24.4. The van der Waals surface area contributed by atoms with Crippen LogP contribution >= 0.6 is 45.8 Å². The van der Waals surface area contributed by atoms with Crippen LogP contribution in [0, 0.1) is 9.49 Å². The van der Waals surface area contributed by atoms with Crippen molar-refractivity contribution < 1.29 is 34.1 Å². The standard InChI is InChI=1S/C29H33Cl2IN2O7/c1-16(2)8-26(37)34(14-18-4-5-20(30)13-21(18)31)23-11-19(29(39)33-6-7-35)12-24(27(23)38)41-28-22(32)9-17(15-36)10-25(28)40-3/h4-5,9-10,12-13,15-16,23-24,27,35,38H,6-8,11,14H2,1-3H3,(H,33,39). The van der Waals surface area contributed by atoms with Gasteiger partial charge in [-0.25, -0.2) is 0 Å². The maximum atomic E-state index is 13.6. The van der Waals surface area contributed by atoms with Gasteiger partial charge in [-0.1, -0.05) is 43.1 Å². The third-order valence-electron chi connectivity index (χ3n) is 6.52. The molecule has 0 saturated carbocycles. The molecule has 3 unspecified atom stereocenters. The number of aliphatic hydroxyl groups is 2. The minimum Gasteiger partial charge on any atom is -0.493 e. The number of hydrogen-bond donors (Lipinski definition) is 3. The van der Waals surface area contributed by atoms with Crippen molar-refractivity contribution in [2.45, 2.75) is 51.5 Å². The minimum absolute atomic E-state index is 0.0310. The van der Waals surface area contributed by atoms with Crippen molar-refractivity contribution >= 4 is 63.9 Å². The average molecular weight is 719 g/mol. The van der Waals surface area contributed by atoms with E-state index in [1.54, 1.807) is 24.3 Å². The minimum atomic E-state index is -1.25. The van der Waals surface area contributed by atoms with Gasteiger partial charge in [0.1, 0.15) is 18.5 Å². The molecule has 1 aliphatic rings. The van der Waals surface area contributed by atoms with Gasteiger partial charge in [0.15, 0.2) is 11.5 Å². The second kappa shape index (κ2) is 15.2. The number of methoxy groups -OCH3 is 1. The number of aldehydes is 1. The van der Waals surface area contributed by atoms with E-state index in [9.17, 15) is 24.6 Å². The first-order valence-electron chi connectivity index (χ1n) is 13.0. The van der Waals surface area contributed by atoms with E-state index in [2.05, 4.69) is 5.32 Å². The Morgan fingerprint density at radius 1 is 1.24 bits per heavy atom. The third kappa shape index (κ3) is 8.57. The summed E-state index contributed by atoms with van der Waals surface area (Å²) in [5.74, 6) is -0.107. The van der Waals surface area contributed by atoms with Crippen molar-refractivity contribution in [2.24, 2.45) is 5.92 Å². The Kier molecular flexibility index (Phi) is 12.3. The number of nitrogens with zero attached hydrogens (tertiary/aromatic N) is 1. The fourth-order valence-corrected chi connectivity index (χ4v) is 5.75. The molecule has 0 spiro atoms. The topological polar surface area (TPSA) is 125 Å². The lowest BCUT2D eigenvalue weighted by molar-refractivity contribution is -0.140. The number of carbonyl (C=O) groups is 3. The molecule has 0 saturated heterocycles. The van der Waals surface area contributed by atoms with Crippen molar-refractivity contribution in [1.29, 1.82) is 0 Å². The largest absolute Gasteiger partial charge is 0.493 e. The summed E-state index contributed by atoms with van der Waals surface area (Å²) in [7, 11) is 1.43. The molecule has 3 N–H and O–H groups in total. The predicted octanol–water partition coefficient (Wildman–Crippen LogP) is 4.41. The number of benzene rings is 2. The van der Waals surface area contributed by atoms with Crippen molar-refractivity contribution in [3.63, 3.8) is 0 Å². The van der Waals surface area contributed by atoms with Crippen LogP contribution in [0.4, 0.5) is 0 Å². The number of ether oxygens (including phenoxy) is 2. The van der Waals surface area contributed by atoms with Gasteiger partial charge in [0.25, 0.3) is 0 Å².